The van der Waals surface area contributed by atoms with Gasteiger partial charge in [0.2, 0.25) is 18.6 Å². The Morgan fingerprint density at radius 1 is 1.08 bits per heavy atom. The molecule has 2 N–H and O–H groups in total. The van der Waals surface area contributed by atoms with Gasteiger partial charge in [-0.25, -0.2) is 0 Å². The van der Waals surface area contributed by atoms with Crippen LogP contribution >= 0.6 is 11.8 Å². The van der Waals surface area contributed by atoms with Gasteiger partial charge in [0.05, 0.1) is 5.75 Å². The van der Waals surface area contributed by atoms with E-state index in [2.05, 4.69) is 20.8 Å². The molecule has 2 amide bonds. The van der Waals surface area contributed by atoms with E-state index < -0.39 is 0 Å². The molecular formula is C16H16N4O4S. The Kier molecular flexibility index (Phi) is 5.34. The van der Waals surface area contributed by atoms with Gasteiger partial charge in [0.1, 0.15) is 5.03 Å². The van der Waals surface area contributed by atoms with Crippen molar-refractivity contribution in [3.8, 4) is 11.5 Å². The van der Waals surface area contributed by atoms with Crippen LogP contribution in [-0.4, -0.2) is 34.6 Å². The Hall–Kier alpha value is -2.81. The SMILES string of the molecule is CCC(=O)Nc1ccc(SCC(=O)Nc2ccc3c(c2)OCO3)nn1. The number of hydrogen-bond acceptors (Lipinski definition) is 7. The fourth-order valence-electron chi connectivity index (χ4n) is 2.01. The summed E-state index contributed by atoms with van der Waals surface area (Å²) >= 11 is 1.25. The van der Waals surface area contributed by atoms with E-state index in [0.717, 1.165) is 0 Å². The normalized spacial score (nSPS) is 11.9. The minimum atomic E-state index is -0.172. The van der Waals surface area contributed by atoms with Gasteiger partial charge < -0.3 is 20.1 Å². The van der Waals surface area contributed by atoms with Crippen LogP contribution in [0.15, 0.2) is 35.4 Å². The third kappa shape index (κ3) is 4.60. The van der Waals surface area contributed by atoms with Crippen LogP contribution in [0, 0.1) is 0 Å². The molecule has 0 spiro atoms. The van der Waals surface area contributed by atoms with Crippen molar-refractivity contribution >= 4 is 35.1 Å². The summed E-state index contributed by atoms with van der Waals surface area (Å²) in [6.07, 6.45) is 0.373. The van der Waals surface area contributed by atoms with Crippen LogP contribution < -0.4 is 20.1 Å². The number of carbonyl (C=O) groups excluding carboxylic acids is 2. The molecule has 2 heterocycles. The van der Waals surface area contributed by atoms with Crippen LogP contribution in [0.25, 0.3) is 0 Å². The summed E-state index contributed by atoms with van der Waals surface area (Å²) in [5.41, 5.74) is 0.638. The topological polar surface area (TPSA) is 102 Å². The van der Waals surface area contributed by atoms with Gasteiger partial charge in [-0.15, -0.1) is 10.2 Å². The molecule has 2 aromatic rings. The fourth-order valence-corrected chi connectivity index (χ4v) is 2.62. The number of rotatable bonds is 6. The molecule has 0 aliphatic carbocycles. The van der Waals surface area contributed by atoms with Crippen LogP contribution in [0.1, 0.15) is 13.3 Å². The van der Waals surface area contributed by atoms with Gasteiger partial charge in [-0.1, -0.05) is 18.7 Å². The maximum absolute atomic E-state index is 12.0. The Balaban J connectivity index is 1.49. The van der Waals surface area contributed by atoms with Gasteiger partial charge in [0.25, 0.3) is 0 Å². The van der Waals surface area contributed by atoms with Crippen molar-refractivity contribution in [3.05, 3.63) is 30.3 Å². The minimum Gasteiger partial charge on any atom is -0.454 e. The van der Waals surface area contributed by atoms with Gasteiger partial charge in [-0.05, 0) is 24.3 Å². The highest BCUT2D eigenvalue weighted by Gasteiger charge is 2.14. The first kappa shape index (κ1) is 17.0. The summed E-state index contributed by atoms with van der Waals surface area (Å²) in [6, 6.07) is 8.58. The number of nitrogens with zero attached hydrogens (tertiary/aromatic N) is 2. The van der Waals surface area contributed by atoms with Crippen LogP contribution in [-0.2, 0) is 9.59 Å². The van der Waals surface area contributed by atoms with E-state index in [1.54, 1.807) is 37.3 Å². The first-order valence-electron chi connectivity index (χ1n) is 7.60. The van der Waals surface area contributed by atoms with Gasteiger partial charge in [0.15, 0.2) is 17.3 Å². The number of nitrogens with one attached hydrogen (secondary N) is 2. The second-order valence-electron chi connectivity index (χ2n) is 5.06. The van der Waals surface area contributed by atoms with Crippen LogP contribution in [0.3, 0.4) is 0 Å². The zero-order valence-electron chi connectivity index (χ0n) is 13.4. The maximum Gasteiger partial charge on any atom is 0.234 e. The molecule has 3 rings (SSSR count). The van der Waals surface area contributed by atoms with Crippen molar-refractivity contribution in [2.75, 3.05) is 23.2 Å². The summed E-state index contributed by atoms with van der Waals surface area (Å²) in [6.45, 7) is 1.95. The second-order valence-corrected chi connectivity index (χ2v) is 6.06. The van der Waals surface area contributed by atoms with Crippen molar-refractivity contribution in [1.29, 1.82) is 0 Å². The Morgan fingerprint density at radius 2 is 1.92 bits per heavy atom. The summed E-state index contributed by atoms with van der Waals surface area (Å²) in [5.74, 6) is 1.55. The number of hydrogen-bond donors (Lipinski definition) is 2. The molecule has 130 valence electrons. The number of ether oxygens (including phenoxy) is 2. The number of amides is 2. The lowest BCUT2D eigenvalue weighted by Gasteiger charge is -2.06. The molecule has 0 saturated heterocycles. The number of benzene rings is 1. The fraction of sp³-hybridized carbons (Fsp3) is 0.250. The van der Waals surface area contributed by atoms with E-state index in [1.807, 2.05) is 0 Å². The molecule has 0 fully saturated rings. The van der Waals surface area contributed by atoms with E-state index in [9.17, 15) is 9.59 Å². The largest absolute Gasteiger partial charge is 0.454 e. The van der Waals surface area contributed by atoms with E-state index >= 15 is 0 Å². The number of anilines is 2. The Labute approximate surface area is 148 Å². The summed E-state index contributed by atoms with van der Waals surface area (Å²) in [5, 5.41) is 13.9. The van der Waals surface area contributed by atoms with Gasteiger partial charge in [-0.3, -0.25) is 9.59 Å². The second kappa shape index (κ2) is 7.84. The molecule has 8 nitrogen and oxygen atoms in total. The van der Waals surface area contributed by atoms with E-state index in [-0.39, 0.29) is 24.4 Å². The summed E-state index contributed by atoms with van der Waals surface area (Å²) in [4.78, 5) is 23.3. The lowest BCUT2D eigenvalue weighted by Crippen LogP contribution is -2.14. The highest BCUT2D eigenvalue weighted by atomic mass is 32.2. The number of aromatic nitrogens is 2. The number of carbonyl (C=O) groups is 2. The molecule has 0 unspecified atom stereocenters. The lowest BCUT2D eigenvalue weighted by molar-refractivity contribution is -0.116. The van der Waals surface area contributed by atoms with Crippen molar-refractivity contribution < 1.29 is 19.1 Å². The smallest absolute Gasteiger partial charge is 0.234 e. The molecule has 1 aliphatic rings. The predicted octanol–water partition coefficient (Wildman–Crippen LogP) is 2.28. The molecule has 0 bridgehead atoms. The number of thioether (sulfide) groups is 1. The molecule has 0 saturated carbocycles. The standard InChI is InChI=1S/C16H16N4O4S/c1-2-14(21)18-13-5-6-16(20-19-13)25-8-15(22)17-10-3-4-11-12(7-10)24-9-23-11/h3-7H,2,8-9H2,1H3,(H,17,22)(H,18,19,21). The first-order valence-corrected chi connectivity index (χ1v) is 8.58. The van der Waals surface area contributed by atoms with Crippen LogP contribution in [0.5, 0.6) is 11.5 Å². The molecule has 9 heteroatoms. The molecule has 0 radical (unpaired) electrons. The maximum atomic E-state index is 12.0. The number of fused-ring (bicyclic) bond motifs is 1. The summed E-state index contributed by atoms with van der Waals surface area (Å²) < 4.78 is 10.5. The van der Waals surface area contributed by atoms with Gasteiger partial charge in [-0.2, -0.15) is 0 Å². The molecule has 0 atom stereocenters. The average molecular weight is 360 g/mol. The molecular weight excluding hydrogens is 344 g/mol. The van der Waals surface area contributed by atoms with E-state index in [0.29, 0.717) is 34.5 Å². The van der Waals surface area contributed by atoms with Crippen molar-refractivity contribution in [2.45, 2.75) is 18.4 Å². The molecule has 1 aromatic carbocycles. The van der Waals surface area contributed by atoms with Crippen molar-refractivity contribution in [1.82, 2.24) is 10.2 Å². The van der Waals surface area contributed by atoms with Crippen LogP contribution in [0.4, 0.5) is 11.5 Å². The lowest BCUT2D eigenvalue weighted by atomic mass is 10.3. The van der Waals surface area contributed by atoms with Crippen molar-refractivity contribution in [2.24, 2.45) is 0 Å². The first-order chi connectivity index (χ1) is 12.1. The predicted molar refractivity (Wildman–Crippen MR) is 92.9 cm³/mol. The highest BCUT2D eigenvalue weighted by molar-refractivity contribution is 7.99. The van der Waals surface area contributed by atoms with Crippen molar-refractivity contribution in [3.63, 3.8) is 0 Å². The quantitative estimate of drug-likeness (QED) is 0.762. The zero-order chi connectivity index (χ0) is 17.6. The Morgan fingerprint density at radius 3 is 2.68 bits per heavy atom. The summed E-state index contributed by atoms with van der Waals surface area (Å²) in [7, 11) is 0. The third-order valence-corrected chi connectivity index (χ3v) is 4.16. The zero-order valence-corrected chi connectivity index (χ0v) is 14.3. The monoisotopic (exact) mass is 360 g/mol. The van der Waals surface area contributed by atoms with Gasteiger partial charge >= 0.3 is 0 Å². The Bertz CT molecular complexity index is 782. The third-order valence-electron chi connectivity index (χ3n) is 3.24. The molecule has 25 heavy (non-hydrogen) atoms. The highest BCUT2D eigenvalue weighted by Crippen LogP contribution is 2.34. The molecule has 1 aliphatic heterocycles. The van der Waals surface area contributed by atoms with Gasteiger partial charge in [0, 0.05) is 18.2 Å². The molecule has 1 aromatic heterocycles. The van der Waals surface area contributed by atoms with E-state index in [1.165, 1.54) is 11.8 Å². The van der Waals surface area contributed by atoms with E-state index in [4.69, 9.17) is 9.47 Å². The minimum absolute atomic E-state index is 0.127. The average Bonchev–Trinajstić information content (AvgIpc) is 3.09. The van der Waals surface area contributed by atoms with Crippen LogP contribution in [0.2, 0.25) is 0 Å².